The highest BCUT2D eigenvalue weighted by Gasteiger charge is 2.13. The van der Waals surface area contributed by atoms with Gasteiger partial charge in [0.2, 0.25) is 5.91 Å². The zero-order chi connectivity index (χ0) is 36.7. The number of pyridine rings is 1. The average molecular weight is 702 g/mol. The quantitative estimate of drug-likeness (QED) is 0.0788. The van der Waals surface area contributed by atoms with E-state index in [0.29, 0.717) is 38.4 Å². The fourth-order valence-electron chi connectivity index (χ4n) is 6.17. The van der Waals surface area contributed by atoms with Crippen LogP contribution in [0, 0.1) is 13.8 Å². The van der Waals surface area contributed by atoms with Crippen LogP contribution in [0.3, 0.4) is 0 Å². The van der Waals surface area contributed by atoms with Crippen LogP contribution in [0.5, 0.6) is 0 Å². The van der Waals surface area contributed by atoms with Gasteiger partial charge in [0.1, 0.15) is 5.82 Å². The Morgan fingerprint density at radius 2 is 1.54 bits per heavy atom. The largest absolute Gasteiger partial charge is 0.387 e. The van der Waals surface area contributed by atoms with E-state index in [-0.39, 0.29) is 24.3 Å². The lowest BCUT2D eigenvalue weighted by Gasteiger charge is -2.18. The lowest BCUT2D eigenvalue weighted by Crippen LogP contribution is -2.32. The van der Waals surface area contributed by atoms with Crippen molar-refractivity contribution >= 4 is 11.8 Å². The van der Waals surface area contributed by atoms with Gasteiger partial charge < -0.3 is 30.4 Å². The van der Waals surface area contributed by atoms with Crippen molar-refractivity contribution in [1.82, 2.24) is 25.5 Å². The van der Waals surface area contributed by atoms with Crippen LogP contribution in [0.15, 0.2) is 109 Å². The molecule has 0 radical (unpaired) electrons. The minimum absolute atomic E-state index is 0.0706. The summed E-state index contributed by atoms with van der Waals surface area (Å²) in [6, 6.07) is 33.7. The van der Waals surface area contributed by atoms with E-state index >= 15 is 0 Å². The molecule has 2 aromatic heterocycles. The maximum Gasteiger partial charge on any atom is 0.251 e. The fourth-order valence-corrected chi connectivity index (χ4v) is 6.17. The van der Waals surface area contributed by atoms with E-state index in [1.165, 1.54) is 5.56 Å². The third-order valence-corrected chi connectivity index (χ3v) is 9.05. The number of hydrogen-bond acceptors (Lipinski definition) is 6. The number of ether oxygens (including phenoxy) is 1. The van der Waals surface area contributed by atoms with Crippen LogP contribution >= 0.6 is 0 Å². The first kappa shape index (κ1) is 38.1. The molecular formula is C43H51N5O4. The van der Waals surface area contributed by atoms with Crippen LogP contribution in [0.4, 0.5) is 0 Å². The molecule has 2 atom stereocenters. The summed E-state index contributed by atoms with van der Waals surface area (Å²) in [7, 11) is 0. The van der Waals surface area contributed by atoms with Crippen LogP contribution in [0.2, 0.25) is 0 Å². The Kier molecular flexibility index (Phi) is 14.3. The van der Waals surface area contributed by atoms with Gasteiger partial charge in [-0.15, -0.1) is 0 Å². The Labute approximate surface area is 307 Å². The van der Waals surface area contributed by atoms with Gasteiger partial charge in [0.25, 0.3) is 5.91 Å². The van der Waals surface area contributed by atoms with Crippen molar-refractivity contribution in [3.63, 3.8) is 0 Å². The highest BCUT2D eigenvalue weighted by molar-refractivity contribution is 5.94. The first-order chi connectivity index (χ1) is 25.2. The van der Waals surface area contributed by atoms with Crippen molar-refractivity contribution in [2.24, 2.45) is 0 Å². The molecule has 5 rings (SSSR count). The van der Waals surface area contributed by atoms with Gasteiger partial charge in [-0.2, -0.15) is 0 Å². The van der Waals surface area contributed by atoms with E-state index in [9.17, 15) is 14.7 Å². The van der Waals surface area contributed by atoms with Crippen LogP contribution in [-0.4, -0.2) is 58.8 Å². The minimum atomic E-state index is -0.676. The first-order valence-corrected chi connectivity index (χ1v) is 18.1. The smallest absolute Gasteiger partial charge is 0.251 e. The SMILES string of the molecule is Cc1ccc(C)n1-c1ccc([C@H](O)CN[C@H](C)Cc2cccc(CC(=O)NCc3ccc(C(=O)NCCOCCCc4ccccc4)cc3)c2)cn1. The van der Waals surface area contributed by atoms with Crippen molar-refractivity contribution in [1.29, 1.82) is 0 Å². The summed E-state index contributed by atoms with van der Waals surface area (Å²) in [6.07, 6.45) is 4.01. The molecule has 272 valence electrons. The first-order valence-electron chi connectivity index (χ1n) is 18.1. The molecule has 0 unspecified atom stereocenters. The molecule has 9 nitrogen and oxygen atoms in total. The second-order valence-electron chi connectivity index (χ2n) is 13.4. The van der Waals surface area contributed by atoms with Crippen LogP contribution in [-0.2, 0) is 35.3 Å². The summed E-state index contributed by atoms with van der Waals surface area (Å²) in [4.78, 5) is 29.9. The Morgan fingerprint density at radius 3 is 2.27 bits per heavy atom. The zero-order valence-corrected chi connectivity index (χ0v) is 30.5. The summed E-state index contributed by atoms with van der Waals surface area (Å²) in [5.74, 6) is 0.619. The van der Waals surface area contributed by atoms with Crippen molar-refractivity contribution in [2.45, 2.75) is 65.1 Å². The minimum Gasteiger partial charge on any atom is -0.387 e. The molecule has 2 amide bonds. The molecule has 0 saturated heterocycles. The van der Waals surface area contributed by atoms with Crippen molar-refractivity contribution in [2.75, 3.05) is 26.3 Å². The second-order valence-corrected chi connectivity index (χ2v) is 13.4. The predicted octanol–water partition coefficient (Wildman–Crippen LogP) is 5.98. The number of rotatable bonds is 19. The van der Waals surface area contributed by atoms with Crippen LogP contribution in [0.1, 0.15) is 69.0 Å². The number of carbonyl (C=O) groups is 2. The van der Waals surface area contributed by atoms with Crippen molar-refractivity contribution in [3.05, 3.63) is 154 Å². The molecule has 0 aliphatic carbocycles. The molecule has 52 heavy (non-hydrogen) atoms. The van der Waals surface area contributed by atoms with E-state index in [1.54, 1.807) is 18.3 Å². The number of benzene rings is 3. The van der Waals surface area contributed by atoms with E-state index in [4.69, 9.17) is 4.74 Å². The van der Waals surface area contributed by atoms with Gasteiger partial charge in [-0.3, -0.25) is 9.59 Å². The molecule has 3 aromatic carbocycles. The third-order valence-electron chi connectivity index (χ3n) is 9.05. The Bertz CT molecular complexity index is 1840. The van der Waals surface area contributed by atoms with Crippen LogP contribution < -0.4 is 16.0 Å². The van der Waals surface area contributed by atoms with E-state index in [0.717, 1.165) is 58.7 Å². The van der Waals surface area contributed by atoms with E-state index in [2.05, 4.69) is 68.8 Å². The number of carbonyl (C=O) groups excluding carboxylic acids is 2. The average Bonchev–Trinajstić information content (AvgIpc) is 3.50. The van der Waals surface area contributed by atoms with Crippen LogP contribution in [0.25, 0.3) is 5.82 Å². The van der Waals surface area contributed by atoms with Crippen molar-refractivity contribution in [3.8, 4) is 5.82 Å². The highest BCUT2D eigenvalue weighted by Crippen LogP contribution is 2.18. The standard InChI is InChI=1S/C43H51N5O4/c1-31(45-30-40(49)39-20-21-41(46-29-39)48-32(2)14-15-33(48)3)25-36-11-7-12-37(26-36)27-42(50)47-28-35-16-18-38(19-17-35)43(51)44-22-24-52-23-8-13-34-9-5-4-6-10-34/h4-7,9-12,14-21,26,29,31,40,45,49H,8,13,22-25,27-28,30H2,1-3H3,(H,44,51)(H,47,50)/t31-,40-/m1/s1. The van der Waals surface area contributed by atoms with Gasteiger partial charge in [-0.05, 0) is 92.6 Å². The van der Waals surface area contributed by atoms with Gasteiger partial charge >= 0.3 is 0 Å². The monoisotopic (exact) mass is 701 g/mol. The predicted molar refractivity (Wildman–Crippen MR) is 206 cm³/mol. The summed E-state index contributed by atoms with van der Waals surface area (Å²) in [6.45, 7) is 8.54. The number of hydrogen-bond donors (Lipinski definition) is 4. The van der Waals surface area contributed by atoms with E-state index < -0.39 is 6.10 Å². The Morgan fingerprint density at radius 1 is 0.808 bits per heavy atom. The molecule has 9 heteroatoms. The number of aryl methyl sites for hydroxylation is 3. The Hall–Kier alpha value is -5.09. The number of aliphatic hydroxyl groups is 1. The molecule has 0 fully saturated rings. The fraction of sp³-hybridized carbons (Fsp3) is 0.326. The normalized spacial score (nSPS) is 12.3. The third kappa shape index (κ3) is 11.7. The number of nitrogens with one attached hydrogen (secondary N) is 3. The summed E-state index contributed by atoms with van der Waals surface area (Å²) < 4.78 is 7.75. The highest BCUT2D eigenvalue weighted by atomic mass is 16.5. The molecule has 0 aliphatic heterocycles. The summed E-state index contributed by atoms with van der Waals surface area (Å²) >= 11 is 0. The number of aliphatic hydroxyl groups excluding tert-OH is 1. The van der Waals surface area contributed by atoms with Gasteiger partial charge in [-0.25, -0.2) is 4.98 Å². The second kappa shape index (κ2) is 19.5. The zero-order valence-electron chi connectivity index (χ0n) is 30.5. The van der Waals surface area contributed by atoms with Gasteiger partial charge in [0.05, 0.1) is 19.1 Å². The van der Waals surface area contributed by atoms with Gasteiger partial charge in [-0.1, -0.05) is 72.8 Å². The molecule has 0 bridgehead atoms. The molecule has 0 spiro atoms. The summed E-state index contributed by atoms with van der Waals surface area (Å²) in [5.41, 5.74) is 7.84. The van der Waals surface area contributed by atoms with Gasteiger partial charge in [0, 0.05) is 61.0 Å². The topological polar surface area (TPSA) is 118 Å². The summed E-state index contributed by atoms with van der Waals surface area (Å²) in [5, 5.41) is 20.1. The number of amides is 2. The van der Waals surface area contributed by atoms with E-state index in [1.807, 2.05) is 68.4 Å². The maximum atomic E-state index is 12.8. The van der Waals surface area contributed by atoms with Crippen molar-refractivity contribution < 1.29 is 19.4 Å². The molecule has 2 heterocycles. The molecular weight excluding hydrogens is 651 g/mol. The van der Waals surface area contributed by atoms with Gasteiger partial charge in [0.15, 0.2) is 0 Å². The lowest BCUT2D eigenvalue weighted by molar-refractivity contribution is -0.120. The molecule has 0 aliphatic rings. The number of aromatic nitrogens is 2. The lowest BCUT2D eigenvalue weighted by atomic mass is 10.0. The molecule has 4 N–H and O–H groups in total. The Balaban J connectivity index is 0.972. The molecule has 5 aromatic rings. The number of nitrogens with zero attached hydrogens (tertiary/aromatic N) is 2. The molecule has 0 saturated carbocycles. The maximum absolute atomic E-state index is 12.8.